The average Bonchev–Trinajstić information content (AvgIpc) is 2.92. The Morgan fingerprint density at radius 3 is 2.41 bits per heavy atom. The second-order valence-electron chi connectivity index (χ2n) is 4.36. The summed E-state index contributed by atoms with van der Waals surface area (Å²) in [5.41, 5.74) is -0.228. The van der Waals surface area contributed by atoms with Crippen molar-refractivity contribution in [2.45, 2.75) is 25.4 Å². The summed E-state index contributed by atoms with van der Waals surface area (Å²) in [6, 6.07) is 8.81. The first-order chi connectivity index (χ1) is 8.03. The summed E-state index contributed by atoms with van der Waals surface area (Å²) in [5, 5.41) is 0. The molecule has 1 fully saturated rings. The molecule has 1 saturated heterocycles. The van der Waals surface area contributed by atoms with Crippen LogP contribution in [-0.2, 0) is 9.53 Å². The van der Waals surface area contributed by atoms with Crippen LogP contribution in [0.3, 0.4) is 0 Å². The molecule has 1 aliphatic rings. The van der Waals surface area contributed by atoms with Gasteiger partial charge in [0.05, 0.1) is 13.2 Å². The van der Waals surface area contributed by atoms with Crippen molar-refractivity contribution in [2.75, 3.05) is 7.11 Å². The molecule has 1 aromatic carbocycles. The van der Waals surface area contributed by atoms with Gasteiger partial charge in [0.2, 0.25) is 0 Å². The van der Waals surface area contributed by atoms with Crippen molar-refractivity contribution >= 4 is 11.9 Å². The van der Waals surface area contributed by atoms with E-state index < -0.39 is 5.54 Å². The number of rotatable bonds is 2. The van der Waals surface area contributed by atoms with Crippen molar-refractivity contribution < 1.29 is 14.3 Å². The molecule has 2 atom stereocenters. The highest BCUT2D eigenvalue weighted by Gasteiger charge is 2.65. The molecule has 2 rings (SSSR count). The lowest BCUT2D eigenvalue weighted by atomic mass is 10.1. The molecule has 0 radical (unpaired) electrons. The maximum Gasteiger partial charge on any atom is 0.333 e. The van der Waals surface area contributed by atoms with Crippen molar-refractivity contribution in [3.63, 3.8) is 0 Å². The van der Waals surface area contributed by atoms with Crippen molar-refractivity contribution in [3.8, 4) is 0 Å². The topological polar surface area (TPSA) is 46.4 Å². The third kappa shape index (κ3) is 1.60. The summed E-state index contributed by atoms with van der Waals surface area (Å²) < 4.78 is 4.73. The maximum atomic E-state index is 12.2. The van der Waals surface area contributed by atoms with Crippen LogP contribution in [0.1, 0.15) is 24.2 Å². The number of carbonyl (C=O) groups is 2. The number of methoxy groups -OCH3 is 1. The van der Waals surface area contributed by atoms with E-state index in [-0.39, 0.29) is 17.9 Å². The lowest BCUT2D eigenvalue weighted by Crippen LogP contribution is -2.30. The Bertz CT molecular complexity index is 457. The molecular weight excluding hydrogens is 218 g/mol. The van der Waals surface area contributed by atoms with E-state index in [0.717, 1.165) is 0 Å². The van der Waals surface area contributed by atoms with Crippen LogP contribution in [0.4, 0.5) is 0 Å². The molecule has 1 aromatic rings. The number of hydrogen-bond acceptors (Lipinski definition) is 3. The number of amides is 1. The van der Waals surface area contributed by atoms with Gasteiger partial charge < -0.3 is 9.64 Å². The van der Waals surface area contributed by atoms with E-state index in [2.05, 4.69) is 0 Å². The second-order valence-corrected chi connectivity index (χ2v) is 4.36. The Hall–Kier alpha value is -1.84. The summed E-state index contributed by atoms with van der Waals surface area (Å²) in [7, 11) is 1.34. The Balaban J connectivity index is 2.22. The van der Waals surface area contributed by atoms with Gasteiger partial charge in [0.1, 0.15) is 0 Å². The fraction of sp³-hybridized carbons (Fsp3) is 0.385. The fourth-order valence-electron chi connectivity index (χ4n) is 2.14. The van der Waals surface area contributed by atoms with Gasteiger partial charge in [-0.3, -0.25) is 4.79 Å². The molecule has 1 aliphatic heterocycles. The lowest BCUT2D eigenvalue weighted by Gasteiger charge is -2.09. The van der Waals surface area contributed by atoms with Crippen LogP contribution in [0.25, 0.3) is 0 Å². The Morgan fingerprint density at radius 2 is 1.88 bits per heavy atom. The van der Waals surface area contributed by atoms with E-state index in [0.29, 0.717) is 5.56 Å². The maximum absolute atomic E-state index is 12.2. The number of esters is 1. The second kappa shape index (κ2) is 3.87. The molecule has 4 heteroatoms. The van der Waals surface area contributed by atoms with Gasteiger partial charge in [0, 0.05) is 5.56 Å². The molecule has 0 N–H and O–H groups in total. The van der Waals surface area contributed by atoms with Gasteiger partial charge in [-0.2, -0.15) is 0 Å². The highest BCUT2D eigenvalue weighted by molar-refractivity contribution is 6.02. The molecule has 90 valence electrons. The predicted molar refractivity (Wildman–Crippen MR) is 62.5 cm³/mol. The first-order valence-corrected chi connectivity index (χ1v) is 5.50. The zero-order chi connectivity index (χ0) is 12.6. The minimum atomic E-state index is -0.818. The zero-order valence-electron chi connectivity index (χ0n) is 10.1. The summed E-state index contributed by atoms with van der Waals surface area (Å²) in [5.74, 6) is -0.500. The minimum Gasteiger partial charge on any atom is -0.467 e. The Kier molecular flexibility index (Phi) is 2.65. The van der Waals surface area contributed by atoms with E-state index in [9.17, 15) is 9.59 Å². The van der Waals surface area contributed by atoms with Gasteiger partial charge >= 0.3 is 5.97 Å². The summed E-state index contributed by atoms with van der Waals surface area (Å²) in [4.78, 5) is 25.4. The molecule has 0 aromatic heterocycles. The molecule has 0 saturated carbocycles. The van der Waals surface area contributed by atoms with Crippen LogP contribution in [0, 0.1) is 0 Å². The van der Waals surface area contributed by atoms with Gasteiger partial charge in [-0.25, -0.2) is 4.79 Å². The van der Waals surface area contributed by atoms with Crippen molar-refractivity contribution in [2.24, 2.45) is 0 Å². The first kappa shape index (κ1) is 11.6. The quantitative estimate of drug-likeness (QED) is 0.574. The Labute approximate surface area is 100 Å². The number of nitrogens with zero attached hydrogens (tertiary/aromatic N) is 1. The minimum absolute atomic E-state index is 0.123. The highest BCUT2D eigenvalue weighted by atomic mass is 16.5. The number of carbonyl (C=O) groups excluding carboxylic acids is 2. The van der Waals surface area contributed by atoms with Crippen LogP contribution >= 0.6 is 0 Å². The van der Waals surface area contributed by atoms with Crippen LogP contribution in [0.2, 0.25) is 0 Å². The average molecular weight is 233 g/mol. The fourth-order valence-corrected chi connectivity index (χ4v) is 2.14. The number of benzene rings is 1. The van der Waals surface area contributed by atoms with Gasteiger partial charge in [-0.05, 0) is 26.0 Å². The van der Waals surface area contributed by atoms with Crippen molar-refractivity contribution in [1.29, 1.82) is 0 Å². The summed E-state index contributed by atoms with van der Waals surface area (Å²) >= 11 is 0. The van der Waals surface area contributed by atoms with Crippen LogP contribution in [-0.4, -0.2) is 35.5 Å². The zero-order valence-corrected chi connectivity index (χ0v) is 10.1. The normalized spacial score (nSPS) is 26.5. The predicted octanol–water partition coefficient (Wildman–Crippen LogP) is 1.46. The first-order valence-electron chi connectivity index (χ1n) is 5.50. The van der Waals surface area contributed by atoms with Crippen LogP contribution in [0.5, 0.6) is 0 Å². The van der Waals surface area contributed by atoms with Crippen molar-refractivity contribution in [3.05, 3.63) is 35.9 Å². The van der Waals surface area contributed by atoms with Gasteiger partial charge in [0.15, 0.2) is 5.54 Å². The van der Waals surface area contributed by atoms with E-state index in [1.807, 2.05) is 13.0 Å². The molecule has 0 unspecified atom stereocenters. The van der Waals surface area contributed by atoms with E-state index >= 15 is 0 Å². The third-order valence-corrected chi connectivity index (χ3v) is 3.47. The molecule has 0 spiro atoms. The lowest BCUT2D eigenvalue weighted by molar-refractivity contribution is -0.144. The van der Waals surface area contributed by atoms with E-state index in [4.69, 9.17) is 4.74 Å². The Morgan fingerprint density at radius 1 is 1.29 bits per heavy atom. The molecule has 1 heterocycles. The number of ether oxygens (including phenoxy) is 1. The highest BCUT2D eigenvalue weighted by Crippen LogP contribution is 2.42. The van der Waals surface area contributed by atoms with E-state index in [1.54, 1.807) is 36.1 Å². The molecule has 4 nitrogen and oxygen atoms in total. The monoisotopic (exact) mass is 233 g/mol. The number of hydrogen-bond donors (Lipinski definition) is 0. The van der Waals surface area contributed by atoms with E-state index in [1.165, 1.54) is 7.11 Å². The molecular formula is C13H15NO3. The summed E-state index contributed by atoms with van der Waals surface area (Å²) in [6.45, 7) is 3.57. The largest absolute Gasteiger partial charge is 0.467 e. The molecule has 0 aliphatic carbocycles. The standard InChI is InChI=1S/C13H15NO3/c1-9-13(2,12(16)17-3)14(9)11(15)10-7-5-4-6-8-10/h4-9H,1-3H3/t9-,13+,14?/m0/s1. The smallest absolute Gasteiger partial charge is 0.333 e. The molecule has 1 amide bonds. The van der Waals surface area contributed by atoms with Crippen molar-refractivity contribution in [1.82, 2.24) is 4.90 Å². The molecule has 17 heavy (non-hydrogen) atoms. The van der Waals surface area contributed by atoms with Gasteiger partial charge in [0.25, 0.3) is 5.91 Å². The summed E-state index contributed by atoms with van der Waals surface area (Å²) in [6.07, 6.45) is 0. The molecule has 0 bridgehead atoms. The van der Waals surface area contributed by atoms with Gasteiger partial charge in [-0.15, -0.1) is 0 Å². The van der Waals surface area contributed by atoms with Crippen LogP contribution in [0.15, 0.2) is 30.3 Å². The third-order valence-electron chi connectivity index (χ3n) is 3.47. The SMILES string of the molecule is COC(=O)[C@@]1(C)[C@H](C)N1C(=O)c1ccccc1. The van der Waals surface area contributed by atoms with Gasteiger partial charge in [-0.1, -0.05) is 18.2 Å². The van der Waals surface area contributed by atoms with Crippen LogP contribution < -0.4 is 0 Å².